The lowest BCUT2D eigenvalue weighted by Crippen LogP contribution is -2.16. The van der Waals surface area contributed by atoms with Crippen LogP contribution >= 0.6 is 22.9 Å². The summed E-state index contributed by atoms with van der Waals surface area (Å²) in [5.41, 5.74) is 3.66. The second-order valence-electron chi connectivity index (χ2n) is 8.26. The van der Waals surface area contributed by atoms with Gasteiger partial charge in [-0.2, -0.15) is 4.98 Å². The quantitative estimate of drug-likeness (QED) is 0.377. The SMILES string of the molecule is Cc1csc(C(=O)O)c1Nc1nc(Nc2ccc3c(c2)C(C)(C)CCC(=O)N3)ncc1Cl. The predicted molar refractivity (Wildman–Crippen MR) is 127 cm³/mol. The fraction of sp³-hybridized carbons (Fsp3) is 0.273. The second kappa shape index (κ2) is 8.40. The highest BCUT2D eigenvalue weighted by Gasteiger charge is 2.29. The van der Waals surface area contributed by atoms with Gasteiger partial charge in [0.2, 0.25) is 11.9 Å². The van der Waals surface area contributed by atoms with E-state index < -0.39 is 5.97 Å². The van der Waals surface area contributed by atoms with Crippen molar-refractivity contribution in [3.63, 3.8) is 0 Å². The van der Waals surface area contributed by atoms with E-state index in [9.17, 15) is 14.7 Å². The van der Waals surface area contributed by atoms with Gasteiger partial charge in [-0.3, -0.25) is 4.79 Å². The number of thiophene rings is 1. The zero-order chi connectivity index (χ0) is 23.0. The van der Waals surface area contributed by atoms with E-state index >= 15 is 0 Å². The third kappa shape index (κ3) is 4.39. The molecule has 0 aliphatic carbocycles. The average molecular weight is 472 g/mol. The van der Waals surface area contributed by atoms with Gasteiger partial charge in [-0.15, -0.1) is 11.3 Å². The molecule has 0 saturated heterocycles. The predicted octanol–water partition coefficient (Wildman–Crippen LogP) is 5.70. The van der Waals surface area contributed by atoms with Crippen LogP contribution in [0.4, 0.5) is 28.8 Å². The molecule has 4 rings (SSSR count). The van der Waals surface area contributed by atoms with Crippen molar-refractivity contribution in [2.75, 3.05) is 16.0 Å². The number of nitrogens with zero attached hydrogens (tertiary/aromatic N) is 2. The maximum Gasteiger partial charge on any atom is 0.348 e. The maximum absolute atomic E-state index is 12.0. The molecule has 8 nitrogen and oxygen atoms in total. The van der Waals surface area contributed by atoms with Crippen LogP contribution in [-0.2, 0) is 10.2 Å². The minimum absolute atomic E-state index is 0.0127. The average Bonchev–Trinajstić information content (AvgIpc) is 3.05. The van der Waals surface area contributed by atoms with Crippen molar-refractivity contribution in [1.29, 1.82) is 0 Å². The molecule has 3 heterocycles. The van der Waals surface area contributed by atoms with Crippen LogP contribution in [0.2, 0.25) is 5.02 Å². The van der Waals surface area contributed by atoms with Crippen molar-refractivity contribution in [1.82, 2.24) is 9.97 Å². The number of carbonyl (C=O) groups is 2. The van der Waals surface area contributed by atoms with Gasteiger partial charge in [0.25, 0.3) is 0 Å². The Morgan fingerprint density at radius 1 is 1.31 bits per heavy atom. The highest BCUT2D eigenvalue weighted by molar-refractivity contribution is 7.12. The molecular formula is C22H22ClN5O3S. The first-order chi connectivity index (χ1) is 15.1. The molecule has 1 aliphatic rings. The van der Waals surface area contributed by atoms with E-state index in [-0.39, 0.29) is 21.2 Å². The van der Waals surface area contributed by atoms with Crippen molar-refractivity contribution in [3.8, 4) is 0 Å². The van der Waals surface area contributed by atoms with E-state index in [1.54, 1.807) is 5.38 Å². The van der Waals surface area contributed by atoms with E-state index in [0.29, 0.717) is 23.9 Å². The summed E-state index contributed by atoms with van der Waals surface area (Å²) in [5.74, 6) is -0.403. The van der Waals surface area contributed by atoms with Crippen LogP contribution in [0.5, 0.6) is 0 Å². The summed E-state index contributed by atoms with van der Waals surface area (Å²) in [5, 5.41) is 20.6. The number of aromatic carboxylic acids is 1. The summed E-state index contributed by atoms with van der Waals surface area (Å²) >= 11 is 7.40. The number of benzene rings is 1. The van der Waals surface area contributed by atoms with E-state index in [0.717, 1.165) is 40.3 Å². The lowest BCUT2D eigenvalue weighted by molar-refractivity contribution is -0.116. The zero-order valence-corrected chi connectivity index (χ0v) is 19.3. The molecule has 1 aliphatic heterocycles. The van der Waals surface area contributed by atoms with E-state index in [1.807, 2.05) is 25.1 Å². The Labute approximate surface area is 194 Å². The summed E-state index contributed by atoms with van der Waals surface area (Å²) in [7, 11) is 0. The third-order valence-corrected chi connectivity index (χ3v) is 6.78. The van der Waals surface area contributed by atoms with Gasteiger partial charge in [-0.05, 0) is 53.5 Å². The number of carboxylic acids is 1. The van der Waals surface area contributed by atoms with Crippen LogP contribution < -0.4 is 16.0 Å². The third-order valence-electron chi connectivity index (χ3n) is 5.41. The van der Waals surface area contributed by atoms with Gasteiger partial charge in [-0.1, -0.05) is 25.4 Å². The van der Waals surface area contributed by atoms with Crippen LogP contribution in [-0.4, -0.2) is 27.0 Å². The number of hydrogen-bond donors (Lipinski definition) is 4. The molecule has 0 unspecified atom stereocenters. The number of aromatic nitrogens is 2. The Bertz CT molecular complexity index is 1220. The number of aryl methyl sites for hydroxylation is 1. The van der Waals surface area contributed by atoms with Crippen LogP contribution in [0.25, 0.3) is 0 Å². The molecule has 0 saturated carbocycles. The number of nitrogens with one attached hydrogen (secondary N) is 3. The largest absolute Gasteiger partial charge is 0.477 e. The zero-order valence-electron chi connectivity index (χ0n) is 17.7. The van der Waals surface area contributed by atoms with Gasteiger partial charge >= 0.3 is 5.97 Å². The van der Waals surface area contributed by atoms with Gasteiger partial charge in [0.1, 0.15) is 9.90 Å². The molecule has 0 atom stereocenters. The highest BCUT2D eigenvalue weighted by Crippen LogP contribution is 2.38. The number of anilines is 5. The van der Waals surface area contributed by atoms with Crippen molar-refractivity contribution in [2.24, 2.45) is 0 Å². The molecule has 1 amide bonds. The smallest absolute Gasteiger partial charge is 0.348 e. The first-order valence-electron chi connectivity index (χ1n) is 9.96. The van der Waals surface area contributed by atoms with Gasteiger partial charge in [0.15, 0.2) is 5.82 Å². The first kappa shape index (κ1) is 22.0. The minimum Gasteiger partial charge on any atom is -0.477 e. The number of hydrogen-bond acceptors (Lipinski definition) is 7. The Hall–Kier alpha value is -3.17. The molecule has 4 N–H and O–H groups in total. The van der Waals surface area contributed by atoms with Gasteiger partial charge in [-0.25, -0.2) is 9.78 Å². The summed E-state index contributed by atoms with van der Waals surface area (Å²) in [6.45, 7) is 6.04. The van der Waals surface area contributed by atoms with Crippen LogP contribution in [0.3, 0.4) is 0 Å². The Balaban J connectivity index is 1.63. The normalized spacial score (nSPS) is 14.8. The fourth-order valence-electron chi connectivity index (χ4n) is 3.58. The fourth-order valence-corrected chi connectivity index (χ4v) is 4.57. The molecule has 0 bridgehead atoms. The Kier molecular flexibility index (Phi) is 5.79. The standard InChI is InChI=1S/C22H22ClN5O3S/c1-11-10-32-18(20(30)31)17(11)27-19-14(23)9-24-21(28-19)25-12-4-5-15-13(8-12)22(2,3)7-6-16(29)26-15/h4-5,8-10H,6-7H2,1-3H3,(H,26,29)(H,30,31)(H2,24,25,27,28). The second-order valence-corrected chi connectivity index (χ2v) is 9.55. The molecule has 3 aromatic rings. The topological polar surface area (TPSA) is 116 Å². The van der Waals surface area contributed by atoms with Crippen molar-refractivity contribution in [2.45, 2.75) is 39.0 Å². The number of carbonyl (C=O) groups excluding carboxylic acids is 1. The van der Waals surface area contributed by atoms with Gasteiger partial charge in [0, 0.05) is 17.8 Å². The molecule has 32 heavy (non-hydrogen) atoms. The number of rotatable bonds is 5. The summed E-state index contributed by atoms with van der Waals surface area (Å²) in [6, 6.07) is 5.69. The van der Waals surface area contributed by atoms with Crippen molar-refractivity contribution < 1.29 is 14.7 Å². The molecule has 0 spiro atoms. The lowest BCUT2D eigenvalue weighted by atomic mass is 9.80. The molecule has 1 aromatic carbocycles. The van der Waals surface area contributed by atoms with Gasteiger partial charge < -0.3 is 21.1 Å². The monoisotopic (exact) mass is 471 g/mol. The van der Waals surface area contributed by atoms with Crippen LogP contribution in [0.1, 0.15) is 47.5 Å². The summed E-state index contributed by atoms with van der Waals surface area (Å²) in [4.78, 5) is 32.4. The molecule has 0 fully saturated rings. The number of fused-ring (bicyclic) bond motifs is 1. The molecule has 0 radical (unpaired) electrons. The number of halogens is 1. The van der Waals surface area contributed by atoms with Gasteiger partial charge in [0.05, 0.1) is 11.9 Å². The van der Waals surface area contributed by atoms with E-state index in [1.165, 1.54) is 6.20 Å². The number of carboxylic acid groups (broad SMARTS) is 1. The summed E-state index contributed by atoms with van der Waals surface area (Å²) in [6.07, 6.45) is 2.67. The van der Waals surface area contributed by atoms with Crippen molar-refractivity contribution >= 4 is 63.6 Å². The molecule has 166 valence electrons. The van der Waals surface area contributed by atoms with E-state index in [2.05, 4.69) is 39.8 Å². The van der Waals surface area contributed by atoms with E-state index in [4.69, 9.17) is 11.6 Å². The molecule has 10 heteroatoms. The maximum atomic E-state index is 12.0. The lowest BCUT2D eigenvalue weighted by Gasteiger charge is -2.25. The number of amides is 1. The molecule has 2 aromatic heterocycles. The highest BCUT2D eigenvalue weighted by atomic mass is 35.5. The summed E-state index contributed by atoms with van der Waals surface area (Å²) < 4.78 is 0. The minimum atomic E-state index is -1.02. The first-order valence-corrected chi connectivity index (χ1v) is 11.2. The van der Waals surface area contributed by atoms with Crippen LogP contribution in [0.15, 0.2) is 29.8 Å². The van der Waals surface area contributed by atoms with Crippen LogP contribution in [0, 0.1) is 6.92 Å². The molecular weight excluding hydrogens is 450 g/mol. The Morgan fingerprint density at radius 2 is 2.09 bits per heavy atom. The Morgan fingerprint density at radius 3 is 2.84 bits per heavy atom. The van der Waals surface area contributed by atoms with Crippen molar-refractivity contribution in [3.05, 3.63) is 50.8 Å².